The lowest BCUT2D eigenvalue weighted by atomic mass is 9.91. The van der Waals surface area contributed by atoms with E-state index in [1.54, 1.807) is 0 Å². The summed E-state index contributed by atoms with van der Waals surface area (Å²) in [6.45, 7) is 9.40. The van der Waals surface area contributed by atoms with Gasteiger partial charge in [-0.1, -0.05) is 46.2 Å². The maximum absolute atomic E-state index is 3.73. The first-order valence-electron chi connectivity index (χ1n) is 7.85. The van der Waals surface area contributed by atoms with Gasteiger partial charge in [0.15, 0.2) is 0 Å². The van der Waals surface area contributed by atoms with Gasteiger partial charge in [0.25, 0.3) is 0 Å². The van der Waals surface area contributed by atoms with Gasteiger partial charge in [0.2, 0.25) is 0 Å². The Kier molecular flexibility index (Phi) is 4.54. The summed E-state index contributed by atoms with van der Waals surface area (Å²) in [5.41, 5.74) is 3.25. The van der Waals surface area contributed by atoms with Gasteiger partial charge in [0.05, 0.1) is 0 Å². The van der Waals surface area contributed by atoms with Crippen molar-refractivity contribution in [2.75, 3.05) is 5.32 Å². The van der Waals surface area contributed by atoms with Crippen LogP contribution in [0.3, 0.4) is 0 Å². The topological polar surface area (TPSA) is 12.0 Å². The third-order valence-corrected chi connectivity index (χ3v) is 4.46. The molecule has 2 atom stereocenters. The molecule has 0 amide bonds. The summed E-state index contributed by atoms with van der Waals surface area (Å²) in [7, 11) is 0. The van der Waals surface area contributed by atoms with Gasteiger partial charge in [-0.3, -0.25) is 0 Å². The zero-order valence-electron chi connectivity index (χ0n) is 13.0. The fourth-order valence-corrected chi connectivity index (χ4v) is 3.45. The van der Waals surface area contributed by atoms with E-state index in [0.29, 0.717) is 11.5 Å². The molecular formula is C18H29N. The second-order valence-electron chi connectivity index (χ2n) is 7.10. The first kappa shape index (κ1) is 14.4. The monoisotopic (exact) mass is 259 g/mol. The van der Waals surface area contributed by atoms with Crippen molar-refractivity contribution in [3.63, 3.8) is 0 Å². The van der Waals surface area contributed by atoms with Crippen LogP contribution in [-0.2, 0) is 6.42 Å². The predicted octanol–water partition coefficient (Wildman–Crippen LogP) is 5.27. The van der Waals surface area contributed by atoms with Crippen LogP contribution in [0.5, 0.6) is 0 Å². The Labute approximate surface area is 118 Å². The highest BCUT2D eigenvalue weighted by Crippen LogP contribution is 2.42. The van der Waals surface area contributed by atoms with Crippen LogP contribution in [0.15, 0.2) is 24.3 Å². The molecule has 1 aliphatic rings. The van der Waals surface area contributed by atoms with Gasteiger partial charge in [0.1, 0.15) is 0 Å². The summed E-state index contributed by atoms with van der Waals surface area (Å²) in [6, 6.07) is 9.70. The smallest absolute Gasteiger partial charge is 0.0342 e. The highest BCUT2D eigenvalue weighted by Gasteiger charge is 2.36. The van der Waals surface area contributed by atoms with Crippen molar-refractivity contribution in [2.45, 2.75) is 65.8 Å². The number of hydrogen-bond donors (Lipinski definition) is 1. The summed E-state index contributed by atoms with van der Waals surface area (Å²) in [5, 5.41) is 3.73. The van der Waals surface area contributed by atoms with Crippen LogP contribution in [-0.4, -0.2) is 6.04 Å². The van der Waals surface area contributed by atoms with Crippen molar-refractivity contribution >= 4 is 5.69 Å². The SMILES string of the molecule is CCCCc1ccc(NC2CC(C)(C)CC2C)cc1. The molecule has 1 heteroatoms. The third-order valence-electron chi connectivity index (χ3n) is 4.46. The first-order valence-corrected chi connectivity index (χ1v) is 7.85. The van der Waals surface area contributed by atoms with Gasteiger partial charge in [-0.05, 0) is 54.7 Å². The van der Waals surface area contributed by atoms with E-state index in [9.17, 15) is 0 Å². The first-order chi connectivity index (χ1) is 9.00. The quantitative estimate of drug-likeness (QED) is 0.760. The molecule has 2 unspecified atom stereocenters. The average Bonchev–Trinajstić information content (AvgIpc) is 2.61. The van der Waals surface area contributed by atoms with Crippen LogP contribution >= 0.6 is 0 Å². The van der Waals surface area contributed by atoms with Crippen LogP contribution < -0.4 is 5.32 Å². The molecule has 1 aromatic rings. The molecule has 0 aromatic heterocycles. The maximum atomic E-state index is 3.73. The van der Waals surface area contributed by atoms with Gasteiger partial charge >= 0.3 is 0 Å². The number of rotatable bonds is 5. The highest BCUT2D eigenvalue weighted by atomic mass is 14.9. The molecule has 19 heavy (non-hydrogen) atoms. The molecule has 0 bridgehead atoms. The third kappa shape index (κ3) is 3.99. The normalized spacial score (nSPS) is 25.5. The Morgan fingerprint density at radius 1 is 1.16 bits per heavy atom. The van der Waals surface area contributed by atoms with Crippen LogP contribution in [0.25, 0.3) is 0 Å². The van der Waals surface area contributed by atoms with Gasteiger partial charge in [-0.2, -0.15) is 0 Å². The Balaban J connectivity index is 1.93. The van der Waals surface area contributed by atoms with Crippen LogP contribution in [0, 0.1) is 11.3 Å². The summed E-state index contributed by atoms with van der Waals surface area (Å²) in [6.07, 6.45) is 6.39. The van der Waals surface area contributed by atoms with Gasteiger partial charge < -0.3 is 5.32 Å². The van der Waals surface area contributed by atoms with E-state index in [4.69, 9.17) is 0 Å². The number of aryl methyl sites for hydroxylation is 1. The van der Waals surface area contributed by atoms with Crippen molar-refractivity contribution in [1.29, 1.82) is 0 Å². The molecule has 2 rings (SSSR count). The predicted molar refractivity (Wildman–Crippen MR) is 84.6 cm³/mol. The van der Waals surface area contributed by atoms with E-state index < -0.39 is 0 Å². The lowest BCUT2D eigenvalue weighted by molar-refractivity contribution is 0.366. The molecule has 0 spiro atoms. The van der Waals surface area contributed by atoms with Gasteiger partial charge in [-0.15, -0.1) is 0 Å². The van der Waals surface area contributed by atoms with Crippen molar-refractivity contribution in [3.05, 3.63) is 29.8 Å². The Bertz CT molecular complexity index is 391. The molecule has 106 valence electrons. The molecule has 1 aliphatic carbocycles. The van der Waals surface area contributed by atoms with E-state index in [2.05, 4.69) is 57.3 Å². The van der Waals surface area contributed by atoms with E-state index >= 15 is 0 Å². The molecule has 0 radical (unpaired) electrons. The number of anilines is 1. The second-order valence-corrected chi connectivity index (χ2v) is 7.10. The van der Waals surface area contributed by atoms with Crippen molar-refractivity contribution in [1.82, 2.24) is 0 Å². The Morgan fingerprint density at radius 2 is 1.84 bits per heavy atom. The maximum Gasteiger partial charge on any atom is 0.0342 e. The molecule has 1 fully saturated rings. The average molecular weight is 259 g/mol. The molecule has 1 nitrogen and oxygen atoms in total. The lowest BCUT2D eigenvalue weighted by Crippen LogP contribution is -2.22. The summed E-state index contributed by atoms with van der Waals surface area (Å²) in [5.74, 6) is 0.773. The number of nitrogens with one attached hydrogen (secondary N) is 1. The molecule has 1 N–H and O–H groups in total. The summed E-state index contributed by atoms with van der Waals surface area (Å²) < 4.78 is 0. The lowest BCUT2D eigenvalue weighted by Gasteiger charge is -2.20. The van der Waals surface area contributed by atoms with E-state index in [0.717, 1.165) is 5.92 Å². The van der Waals surface area contributed by atoms with Gasteiger partial charge in [-0.25, -0.2) is 0 Å². The summed E-state index contributed by atoms with van der Waals surface area (Å²) >= 11 is 0. The van der Waals surface area contributed by atoms with E-state index in [1.807, 2.05) is 0 Å². The summed E-state index contributed by atoms with van der Waals surface area (Å²) in [4.78, 5) is 0. The van der Waals surface area contributed by atoms with Crippen LogP contribution in [0.2, 0.25) is 0 Å². The standard InChI is InChI=1S/C18H29N/c1-5-6-7-15-8-10-16(11-9-15)19-17-13-18(3,4)12-14(17)2/h8-11,14,17,19H,5-7,12-13H2,1-4H3. The largest absolute Gasteiger partial charge is 0.382 e. The Morgan fingerprint density at radius 3 is 2.37 bits per heavy atom. The van der Waals surface area contributed by atoms with Gasteiger partial charge in [0, 0.05) is 11.7 Å². The number of unbranched alkanes of at least 4 members (excludes halogenated alkanes) is 1. The van der Waals surface area contributed by atoms with Crippen LogP contribution in [0.4, 0.5) is 5.69 Å². The highest BCUT2D eigenvalue weighted by molar-refractivity contribution is 5.46. The second kappa shape index (κ2) is 5.98. The fraction of sp³-hybridized carbons (Fsp3) is 0.667. The zero-order valence-corrected chi connectivity index (χ0v) is 13.0. The molecule has 1 saturated carbocycles. The van der Waals surface area contributed by atoms with E-state index in [-0.39, 0.29) is 0 Å². The minimum atomic E-state index is 0.498. The van der Waals surface area contributed by atoms with Crippen molar-refractivity contribution in [3.8, 4) is 0 Å². The minimum absolute atomic E-state index is 0.498. The number of benzene rings is 1. The van der Waals surface area contributed by atoms with Crippen LogP contribution in [0.1, 0.15) is 58.9 Å². The van der Waals surface area contributed by atoms with E-state index in [1.165, 1.54) is 43.4 Å². The molecule has 1 aromatic carbocycles. The zero-order chi connectivity index (χ0) is 13.9. The molecular weight excluding hydrogens is 230 g/mol. The molecule has 0 aliphatic heterocycles. The minimum Gasteiger partial charge on any atom is -0.382 e. The molecule has 0 heterocycles. The molecule has 0 saturated heterocycles. The fourth-order valence-electron chi connectivity index (χ4n) is 3.45. The Hall–Kier alpha value is -0.980. The van der Waals surface area contributed by atoms with Crippen molar-refractivity contribution < 1.29 is 0 Å². The van der Waals surface area contributed by atoms with Crippen molar-refractivity contribution in [2.24, 2.45) is 11.3 Å². The number of hydrogen-bond acceptors (Lipinski definition) is 1.